The van der Waals surface area contributed by atoms with Crippen LogP contribution in [0.1, 0.15) is 61.7 Å². The summed E-state index contributed by atoms with van der Waals surface area (Å²) < 4.78 is 0. The molecular formula is C21H26N2O2. The van der Waals surface area contributed by atoms with E-state index in [4.69, 9.17) is 0 Å². The van der Waals surface area contributed by atoms with E-state index >= 15 is 0 Å². The van der Waals surface area contributed by atoms with Crippen molar-refractivity contribution in [3.8, 4) is 0 Å². The third kappa shape index (κ3) is 2.86. The fraction of sp³-hybridized carbons (Fsp3) is 0.619. The topological polar surface area (TPSA) is 58.2 Å². The molecule has 0 heterocycles. The van der Waals surface area contributed by atoms with Gasteiger partial charge in [-0.2, -0.15) is 0 Å². The number of amides is 2. The Balaban J connectivity index is 1.31. The van der Waals surface area contributed by atoms with Crippen LogP contribution in [0.4, 0.5) is 5.69 Å². The lowest BCUT2D eigenvalue weighted by molar-refractivity contribution is -0.140. The second-order valence-electron chi connectivity index (χ2n) is 8.98. The number of anilines is 1. The molecular weight excluding hydrogens is 312 g/mol. The van der Waals surface area contributed by atoms with E-state index in [9.17, 15) is 9.59 Å². The molecule has 2 amide bonds. The van der Waals surface area contributed by atoms with E-state index in [1.807, 2.05) is 24.3 Å². The quantitative estimate of drug-likeness (QED) is 0.879. The van der Waals surface area contributed by atoms with Crippen molar-refractivity contribution in [1.82, 2.24) is 5.32 Å². The van der Waals surface area contributed by atoms with E-state index in [1.165, 1.54) is 19.3 Å². The third-order valence-electron chi connectivity index (χ3n) is 6.82. The van der Waals surface area contributed by atoms with E-state index in [-0.39, 0.29) is 17.2 Å². The molecule has 4 nitrogen and oxygen atoms in total. The maximum atomic E-state index is 13.1. The van der Waals surface area contributed by atoms with E-state index in [1.54, 1.807) is 0 Å². The standard InChI is InChI=1S/C21H26N2O2/c24-19(22-17-4-5-17)16-2-1-3-18(9-16)23-20(25)21-10-13-6-14(11-21)8-15(7-13)12-21/h1-3,9,13-15,17H,4-8,10-12H2,(H,22,24)(H,23,25). The van der Waals surface area contributed by atoms with Gasteiger partial charge in [0.1, 0.15) is 0 Å². The maximum Gasteiger partial charge on any atom is 0.251 e. The molecule has 0 unspecified atom stereocenters. The van der Waals surface area contributed by atoms with Crippen molar-refractivity contribution in [3.63, 3.8) is 0 Å². The number of rotatable bonds is 4. The summed E-state index contributed by atoms with van der Waals surface area (Å²) in [5, 5.41) is 6.15. The lowest BCUT2D eigenvalue weighted by Gasteiger charge is -2.55. The minimum Gasteiger partial charge on any atom is -0.349 e. The van der Waals surface area contributed by atoms with Gasteiger partial charge in [0.25, 0.3) is 5.91 Å². The number of carbonyl (C=O) groups excluding carboxylic acids is 2. The van der Waals surface area contributed by atoms with Crippen LogP contribution in [0.15, 0.2) is 24.3 Å². The molecule has 4 bridgehead atoms. The van der Waals surface area contributed by atoms with E-state index in [0.717, 1.165) is 55.5 Å². The van der Waals surface area contributed by atoms with Crippen LogP contribution in [0.3, 0.4) is 0 Å². The van der Waals surface area contributed by atoms with E-state index in [2.05, 4.69) is 10.6 Å². The molecule has 0 aromatic heterocycles. The van der Waals surface area contributed by atoms with E-state index in [0.29, 0.717) is 11.6 Å². The first-order valence-corrected chi connectivity index (χ1v) is 9.82. The Hall–Kier alpha value is -1.84. The van der Waals surface area contributed by atoms with Crippen molar-refractivity contribution in [3.05, 3.63) is 29.8 Å². The average molecular weight is 338 g/mol. The van der Waals surface area contributed by atoms with Crippen LogP contribution in [-0.4, -0.2) is 17.9 Å². The van der Waals surface area contributed by atoms with Gasteiger partial charge in [0.15, 0.2) is 0 Å². The Kier molecular flexibility index (Phi) is 3.44. The summed E-state index contributed by atoms with van der Waals surface area (Å²) >= 11 is 0. The molecule has 0 radical (unpaired) electrons. The second-order valence-corrected chi connectivity index (χ2v) is 8.98. The molecule has 1 aromatic carbocycles. The van der Waals surface area contributed by atoms with Gasteiger partial charge in [-0.15, -0.1) is 0 Å². The highest BCUT2D eigenvalue weighted by molar-refractivity contribution is 5.99. The Labute approximate surface area is 148 Å². The van der Waals surface area contributed by atoms with Gasteiger partial charge in [-0.25, -0.2) is 0 Å². The van der Waals surface area contributed by atoms with Gasteiger partial charge >= 0.3 is 0 Å². The van der Waals surface area contributed by atoms with Crippen molar-refractivity contribution >= 4 is 17.5 Å². The zero-order valence-electron chi connectivity index (χ0n) is 14.6. The van der Waals surface area contributed by atoms with Crippen LogP contribution in [0, 0.1) is 23.2 Å². The minimum atomic E-state index is -0.152. The molecule has 6 rings (SSSR count). The second kappa shape index (κ2) is 5.58. The molecule has 1 aromatic rings. The van der Waals surface area contributed by atoms with Crippen molar-refractivity contribution in [2.75, 3.05) is 5.32 Å². The van der Waals surface area contributed by atoms with Crippen LogP contribution in [0.25, 0.3) is 0 Å². The Morgan fingerprint density at radius 3 is 2.20 bits per heavy atom. The molecule has 0 atom stereocenters. The van der Waals surface area contributed by atoms with Crippen molar-refractivity contribution < 1.29 is 9.59 Å². The van der Waals surface area contributed by atoms with Gasteiger partial charge in [0.05, 0.1) is 5.41 Å². The lowest BCUT2D eigenvalue weighted by atomic mass is 9.49. The first-order chi connectivity index (χ1) is 12.1. The van der Waals surface area contributed by atoms with Gasteiger partial charge in [-0.1, -0.05) is 6.07 Å². The number of hydrogen-bond donors (Lipinski definition) is 2. The fourth-order valence-electron chi connectivity index (χ4n) is 5.89. The molecule has 5 saturated carbocycles. The average Bonchev–Trinajstić information content (AvgIpc) is 3.38. The Bertz CT molecular complexity index is 687. The fourth-order valence-corrected chi connectivity index (χ4v) is 5.89. The molecule has 2 N–H and O–H groups in total. The Morgan fingerprint density at radius 1 is 0.960 bits per heavy atom. The number of nitrogens with one attached hydrogen (secondary N) is 2. The zero-order valence-corrected chi connectivity index (χ0v) is 14.6. The first kappa shape index (κ1) is 15.4. The van der Waals surface area contributed by atoms with Crippen LogP contribution >= 0.6 is 0 Å². The molecule has 0 aliphatic heterocycles. The first-order valence-electron chi connectivity index (χ1n) is 9.82. The van der Waals surface area contributed by atoms with Crippen molar-refractivity contribution in [2.45, 2.75) is 57.4 Å². The normalized spacial score (nSPS) is 35.4. The summed E-state index contributed by atoms with van der Waals surface area (Å²) in [6.45, 7) is 0. The van der Waals surface area contributed by atoms with Crippen molar-refractivity contribution in [2.24, 2.45) is 23.2 Å². The predicted molar refractivity (Wildman–Crippen MR) is 96.2 cm³/mol. The van der Waals surface area contributed by atoms with Crippen molar-refractivity contribution in [1.29, 1.82) is 0 Å². The molecule has 25 heavy (non-hydrogen) atoms. The summed E-state index contributed by atoms with van der Waals surface area (Å²) in [7, 11) is 0. The number of carbonyl (C=O) groups is 2. The van der Waals surface area contributed by atoms with Gasteiger partial charge in [0, 0.05) is 17.3 Å². The number of benzene rings is 1. The van der Waals surface area contributed by atoms with Gasteiger partial charge in [-0.3, -0.25) is 9.59 Å². The molecule has 0 spiro atoms. The molecule has 5 aliphatic carbocycles. The lowest BCUT2D eigenvalue weighted by Crippen LogP contribution is -2.51. The molecule has 132 valence electrons. The molecule has 0 saturated heterocycles. The smallest absolute Gasteiger partial charge is 0.251 e. The highest BCUT2D eigenvalue weighted by atomic mass is 16.2. The third-order valence-corrected chi connectivity index (χ3v) is 6.82. The summed E-state index contributed by atoms with van der Waals surface area (Å²) in [6, 6.07) is 7.73. The SMILES string of the molecule is O=C(NC1CC1)c1cccc(NC(=O)C23CC4CC(CC(C4)C2)C3)c1. The van der Waals surface area contributed by atoms with Crippen LogP contribution in [-0.2, 0) is 4.79 Å². The van der Waals surface area contributed by atoms with Gasteiger partial charge in [0.2, 0.25) is 5.91 Å². The predicted octanol–water partition coefficient (Wildman–Crippen LogP) is 3.73. The summed E-state index contributed by atoms with van der Waals surface area (Å²) in [6.07, 6.45) is 9.35. The monoisotopic (exact) mass is 338 g/mol. The van der Waals surface area contributed by atoms with Gasteiger partial charge in [-0.05, 0) is 87.3 Å². The molecule has 4 heteroatoms. The van der Waals surface area contributed by atoms with Crippen LogP contribution in [0.5, 0.6) is 0 Å². The highest BCUT2D eigenvalue weighted by Gasteiger charge is 2.54. The van der Waals surface area contributed by atoms with Crippen LogP contribution < -0.4 is 10.6 Å². The summed E-state index contributed by atoms with van der Waals surface area (Å²) in [4.78, 5) is 25.4. The molecule has 5 fully saturated rings. The highest BCUT2D eigenvalue weighted by Crippen LogP contribution is 2.60. The largest absolute Gasteiger partial charge is 0.349 e. The van der Waals surface area contributed by atoms with Crippen LogP contribution in [0.2, 0.25) is 0 Å². The molecule has 5 aliphatic rings. The Morgan fingerprint density at radius 2 is 1.60 bits per heavy atom. The number of hydrogen-bond acceptors (Lipinski definition) is 2. The van der Waals surface area contributed by atoms with Gasteiger partial charge < -0.3 is 10.6 Å². The summed E-state index contributed by atoms with van der Waals surface area (Å²) in [5.74, 6) is 2.42. The van der Waals surface area contributed by atoms with E-state index < -0.39 is 0 Å². The minimum absolute atomic E-state index is 0.0339. The summed E-state index contributed by atoms with van der Waals surface area (Å²) in [5.41, 5.74) is 1.24. The zero-order chi connectivity index (χ0) is 17.0. The maximum absolute atomic E-state index is 13.1.